The lowest BCUT2D eigenvalue weighted by atomic mass is 9.89. The maximum absolute atomic E-state index is 11.3. The minimum atomic E-state index is -1.05. The fraction of sp³-hybridized carbons (Fsp3) is 0.833. The number of carbonyl (C=O) groups is 2. The Balaban J connectivity index is 4.63. The molecule has 6 nitrogen and oxygen atoms in total. The van der Waals surface area contributed by atoms with Gasteiger partial charge in [-0.05, 0) is 41.5 Å². The molecule has 0 aromatic carbocycles. The second-order valence-electron chi connectivity index (χ2n) is 4.59. The van der Waals surface area contributed by atoms with Gasteiger partial charge in [-0.25, -0.2) is 9.59 Å². The first-order valence-electron chi connectivity index (χ1n) is 5.87. The average molecular weight is 262 g/mol. The van der Waals surface area contributed by atoms with Gasteiger partial charge in [-0.1, -0.05) is 0 Å². The van der Waals surface area contributed by atoms with Crippen LogP contribution in [0.3, 0.4) is 0 Å². The van der Waals surface area contributed by atoms with Gasteiger partial charge < -0.3 is 18.9 Å². The zero-order chi connectivity index (χ0) is 14.4. The monoisotopic (exact) mass is 262 g/mol. The van der Waals surface area contributed by atoms with Gasteiger partial charge in [0.25, 0.3) is 0 Å². The van der Waals surface area contributed by atoms with Crippen LogP contribution in [0.1, 0.15) is 41.5 Å². The average Bonchev–Trinajstić information content (AvgIpc) is 2.15. The minimum Gasteiger partial charge on any atom is -0.435 e. The molecular weight excluding hydrogens is 240 g/mol. The van der Waals surface area contributed by atoms with Crippen molar-refractivity contribution in [3.05, 3.63) is 0 Å². The SMILES string of the molecule is CCOC(=O)OC(C)(C)C(C)(C)OC(=O)OCC. The van der Waals surface area contributed by atoms with Gasteiger partial charge in [-0.3, -0.25) is 0 Å². The minimum absolute atomic E-state index is 0.216. The van der Waals surface area contributed by atoms with E-state index in [0.717, 1.165) is 0 Å². The topological polar surface area (TPSA) is 71.1 Å². The first kappa shape index (κ1) is 16.5. The van der Waals surface area contributed by atoms with Crippen molar-refractivity contribution in [2.24, 2.45) is 0 Å². The highest BCUT2D eigenvalue weighted by atomic mass is 16.8. The van der Waals surface area contributed by atoms with Gasteiger partial charge in [0.1, 0.15) is 11.2 Å². The van der Waals surface area contributed by atoms with Gasteiger partial charge in [-0.15, -0.1) is 0 Å². The summed E-state index contributed by atoms with van der Waals surface area (Å²) in [6, 6.07) is 0. The molecule has 18 heavy (non-hydrogen) atoms. The standard InChI is InChI=1S/C12H22O6/c1-7-15-9(13)17-11(3,4)12(5,6)18-10(14)16-8-2/h7-8H2,1-6H3. The van der Waals surface area contributed by atoms with E-state index in [1.807, 2.05) is 0 Å². The molecule has 0 aliphatic rings. The van der Waals surface area contributed by atoms with E-state index in [1.54, 1.807) is 41.5 Å². The second-order valence-corrected chi connectivity index (χ2v) is 4.59. The van der Waals surface area contributed by atoms with Crippen molar-refractivity contribution in [2.45, 2.75) is 52.7 Å². The Morgan fingerprint density at radius 1 is 0.778 bits per heavy atom. The molecule has 0 saturated carbocycles. The normalized spacial score (nSPS) is 11.7. The quantitative estimate of drug-likeness (QED) is 0.709. The highest BCUT2D eigenvalue weighted by molar-refractivity contribution is 5.62. The van der Waals surface area contributed by atoms with Crippen molar-refractivity contribution in [2.75, 3.05) is 13.2 Å². The van der Waals surface area contributed by atoms with E-state index in [2.05, 4.69) is 0 Å². The zero-order valence-electron chi connectivity index (χ0n) is 11.9. The third-order valence-electron chi connectivity index (χ3n) is 2.65. The summed E-state index contributed by atoms with van der Waals surface area (Å²) in [5.41, 5.74) is -2.10. The molecule has 0 atom stereocenters. The highest BCUT2D eigenvalue weighted by Gasteiger charge is 2.45. The van der Waals surface area contributed by atoms with E-state index in [9.17, 15) is 9.59 Å². The van der Waals surface area contributed by atoms with Crippen LogP contribution in [-0.2, 0) is 18.9 Å². The fourth-order valence-electron chi connectivity index (χ4n) is 0.957. The summed E-state index contributed by atoms with van der Waals surface area (Å²) in [7, 11) is 0. The van der Waals surface area contributed by atoms with Gasteiger partial charge >= 0.3 is 12.3 Å². The number of hydrogen-bond acceptors (Lipinski definition) is 6. The van der Waals surface area contributed by atoms with Crippen LogP contribution in [0.15, 0.2) is 0 Å². The van der Waals surface area contributed by atoms with E-state index in [4.69, 9.17) is 18.9 Å². The van der Waals surface area contributed by atoms with E-state index in [0.29, 0.717) is 0 Å². The molecule has 0 rings (SSSR count). The van der Waals surface area contributed by atoms with E-state index < -0.39 is 23.5 Å². The number of carbonyl (C=O) groups excluding carboxylic acids is 2. The lowest BCUT2D eigenvalue weighted by Gasteiger charge is -2.38. The molecule has 0 aromatic heterocycles. The van der Waals surface area contributed by atoms with Crippen molar-refractivity contribution < 1.29 is 28.5 Å². The van der Waals surface area contributed by atoms with Crippen LogP contribution in [-0.4, -0.2) is 36.7 Å². The molecule has 0 N–H and O–H groups in total. The van der Waals surface area contributed by atoms with Gasteiger partial charge in [-0.2, -0.15) is 0 Å². The van der Waals surface area contributed by atoms with E-state index in [1.165, 1.54) is 0 Å². The number of rotatable bonds is 5. The van der Waals surface area contributed by atoms with Gasteiger partial charge in [0, 0.05) is 0 Å². The maximum Gasteiger partial charge on any atom is 0.508 e. The first-order valence-corrected chi connectivity index (χ1v) is 5.87. The van der Waals surface area contributed by atoms with Crippen LogP contribution in [0.4, 0.5) is 9.59 Å². The van der Waals surface area contributed by atoms with Crippen LogP contribution < -0.4 is 0 Å². The third kappa shape index (κ3) is 4.81. The summed E-state index contributed by atoms with van der Waals surface area (Å²) < 4.78 is 19.6. The molecule has 0 radical (unpaired) electrons. The van der Waals surface area contributed by atoms with Gasteiger partial charge in [0.05, 0.1) is 13.2 Å². The molecule has 0 bridgehead atoms. The lowest BCUT2D eigenvalue weighted by molar-refractivity contribution is -0.142. The largest absolute Gasteiger partial charge is 0.508 e. The highest BCUT2D eigenvalue weighted by Crippen LogP contribution is 2.30. The summed E-state index contributed by atoms with van der Waals surface area (Å²) >= 11 is 0. The Morgan fingerprint density at radius 3 is 1.28 bits per heavy atom. The van der Waals surface area contributed by atoms with Crippen molar-refractivity contribution in [3.63, 3.8) is 0 Å². The molecule has 0 saturated heterocycles. The molecule has 0 aromatic rings. The number of ether oxygens (including phenoxy) is 4. The Bertz CT molecular complexity index is 265. The summed E-state index contributed by atoms with van der Waals surface area (Å²) in [6.45, 7) is 10.3. The van der Waals surface area contributed by atoms with E-state index >= 15 is 0 Å². The molecule has 0 aliphatic carbocycles. The predicted molar refractivity (Wildman–Crippen MR) is 64.4 cm³/mol. The molecule has 0 spiro atoms. The van der Waals surface area contributed by atoms with Crippen molar-refractivity contribution in [3.8, 4) is 0 Å². The van der Waals surface area contributed by atoms with Crippen molar-refractivity contribution in [1.82, 2.24) is 0 Å². The molecule has 106 valence electrons. The third-order valence-corrected chi connectivity index (χ3v) is 2.65. The number of hydrogen-bond donors (Lipinski definition) is 0. The van der Waals surface area contributed by atoms with Crippen molar-refractivity contribution >= 4 is 12.3 Å². The Kier molecular flexibility index (Phi) is 5.94. The molecule has 0 unspecified atom stereocenters. The Hall–Kier alpha value is -1.46. The summed E-state index contributed by atoms with van der Waals surface area (Å²) in [5.74, 6) is 0. The Labute approximate surface area is 108 Å². The molecule has 0 aliphatic heterocycles. The summed E-state index contributed by atoms with van der Waals surface area (Å²) in [5, 5.41) is 0. The van der Waals surface area contributed by atoms with Crippen LogP contribution in [0, 0.1) is 0 Å². The van der Waals surface area contributed by atoms with Gasteiger partial charge in [0.2, 0.25) is 0 Å². The predicted octanol–water partition coefficient (Wildman–Crippen LogP) is 2.89. The van der Waals surface area contributed by atoms with Crippen LogP contribution >= 0.6 is 0 Å². The van der Waals surface area contributed by atoms with Crippen LogP contribution in [0.25, 0.3) is 0 Å². The van der Waals surface area contributed by atoms with Crippen LogP contribution in [0.5, 0.6) is 0 Å². The summed E-state index contributed by atoms with van der Waals surface area (Å²) in [4.78, 5) is 22.6. The first-order chi connectivity index (χ1) is 8.16. The lowest BCUT2D eigenvalue weighted by Crippen LogP contribution is -2.51. The Morgan fingerprint density at radius 2 is 1.06 bits per heavy atom. The molecular formula is C12H22O6. The van der Waals surface area contributed by atoms with Crippen molar-refractivity contribution in [1.29, 1.82) is 0 Å². The zero-order valence-corrected chi connectivity index (χ0v) is 11.9. The molecule has 0 amide bonds. The molecule has 6 heteroatoms. The summed E-state index contributed by atoms with van der Waals surface area (Å²) in [6.07, 6.45) is -1.61. The van der Waals surface area contributed by atoms with Crippen LogP contribution in [0.2, 0.25) is 0 Å². The fourth-order valence-corrected chi connectivity index (χ4v) is 0.957. The maximum atomic E-state index is 11.3. The van der Waals surface area contributed by atoms with Gasteiger partial charge in [0.15, 0.2) is 0 Å². The molecule has 0 heterocycles. The smallest absolute Gasteiger partial charge is 0.435 e. The second kappa shape index (κ2) is 6.47. The van der Waals surface area contributed by atoms with E-state index in [-0.39, 0.29) is 13.2 Å². The molecule has 0 fully saturated rings.